The molecule has 12 rings (SSSR count). The lowest BCUT2D eigenvalue weighted by Crippen LogP contribution is -2.23. The van der Waals surface area contributed by atoms with Crippen molar-refractivity contribution in [3.05, 3.63) is 250 Å². The molecule has 0 bridgehead atoms. The fourth-order valence-corrected chi connectivity index (χ4v) is 11.5. The van der Waals surface area contributed by atoms with Crippen molar-refractivity contribution in [2.45, 2.75) is 94.6 Å². The van der Waals surface area contributed by atoms with Gasteiger partial charge in [0.15, 0.2) is 0 Å². The topological polar surface area (TPSA) is 181 Å². The number of rotatable bonds is 11. The molecule has 11 nitrogen and oxygen atoms in total. The second-order valence-corrected chi connectivity index (χ2v) is 27.8. The minimum atomic E-state index is -5.38. The third-order valence-electron chi connectivity index (χ3n) is 16.0. The van der Waals surface area contributed by atoms with Gasteiger partial charge in [0, 0.05) is 5.56 Å². The molecule has 504 valence electrons. The van der Waals surface area contributed by atoms with Crippen molar-refractivity contribution in [3.8, 4) is 44.9 Å². The number of aromatic nitrogens is 6. The third kappa shape index (κ3) is 16.5. The first-order valence-corrected chi connectivity index (χ1v) is 32.2. The van der Waals surface area contributed by atoms with Gasteiger partial charge in [-0.15, -0.1) is 0 Å². The summed E-state index contributed by atoms with van der Waals surface area (Å²) in [5.74, 6) is 1.11. The third-order valence-corrected chi connectivity index (χ3v) is 17.5. The molecule has 0 aliphatic rings. The molecule has 9 aromatic carbocycles. The SMILES string of the molecule is CC(C)(C)c1ccc(/C=C/c2nc3cc(-c4cccc(O)c4)c(C(F)(F)F)cc3[nH]2)cc1.CC(C)(C)c1ccc(/C=C/c2nc3cc(-c4ccccc4O)c(C(F)(F)F)cc3[nH]2)cc1.CC(C)(O)c1ccccc1-c1ccc2nc(/C=C/c3ccc(S(=O)(=O)C(F)(F)F)cc3)[nH]c2c1. The number of phenolic OH excluding ortho intramolecular Hbond substituents is 2. The number of nitrogens with zero attached hydrogens (tertiary/aromatic N) is 3. The quantitative estimate of drug-likeness (QED) is 0.0692. The number of aliphatic hydroxyl groups is 1. The molecule has 3 heterocycles. The van der Waals surface area contributed by atoms with Gasteiger partial charge in [-0.05, 0) is 171 Å². The van der Waals surface area contributed by atoms with Gasteiger partial charge in [-0.2, -0.15) is 39.5 Å². The molecule has 6 N–H and O–H groups in total. The number of fused-ring (bicyclic) bond motifs is 3. The molecule has 98 heavy (non-hydrogen) atoms. The van der Waals surface area contributed by atoms with Crippen molar-refractivity contribution >= 4 is 79.4 Å². The predicted octanol–water partition coefficient (Wildman–Crippen LogP) is 20.8. The first kappa shape index (κ1) is 70.3. The number of benzene rings is 9. The van der Waals surface area contributed by atoms with Gasteiger partial charge in [0.05, 0.1) is 54.7 Å². The molecule has 0 unspecified atom stereocenters. The molecule has 3 aromatic heterocycles. The zero-order valence-electron chi connectivity index (χ0n) is 54.2. The van der Waals surface area contributed by atoms with Crippen molar-refractivity contribution < 1.29 is 63.3 Å². The van der Waals surface area contributed by atoms with Crippen LogP contribution in [-0.2, 0) is 38.6 Å². The van der Waals surface area contributed by atoms with E-state index in [0.29, 0.717) is 39.6 Å². The average Bonchev–Trinajstić information content (AvgIpc) is 1.48. The van der Waals surface area contributed by atoms with Gasteiger partial charge >= 0.3 is 17.9 Å². The van der Waals surface area contributed by atoms with E-state index in [0.717, 1.165) is 63.1 Å². The van der Waals surface area contributed by atoms with Crippen LogP contribution in [0.4, 0.5) is 39.5 Å². The van der Waals surface area contributed by atoms with Gasteiger partial charge < -0.3 is 30.3 Å². The van der Waals surface area contributed by atoms with Crippen LogP contribution < -0.4 is 0 Å². The first-order chi connectivity index (χ1) is 45.9. The van der Waals surface area contributed by atoms with Crippen LogP contribution in [0.1, 0.15) is 117 Å². The first-order valence-electron chi connectivity index (χ1n) is 30.7. The number of hydrogen-bond donors (Lipinski definition) is 6. The summed E-state index contributed by atoms with van der Waals surface area (Å²) in [7, 11) is -5.38. The summed E-state index contributed by atoms with van der Waals surface area (Å²) in [4.78, 5) is 21.6. The Bertz CT molecular complexity index is 5080. The minimum Gasteiger partial charge on any atom is -0.508 e. The second kappa shape index (κ2) is 27.2. The fourth-order valence-electron chi connectivity index (χ4n) is 10.8. The van der Waals surface area contributed by atoms with Crippen LogP contribution in [0.2, 0.25) is 0 Å². The number of phenols is 2. The lowest BCUT2D eigenvalue weighted by atomic mass is 9.87. The van der Waals surface area contributed by atoms with Crippen LogP contribution >= 0.6 is 0 Å². The fraction of sp³-hybridized carbons (Fsp3) is 0.182. The summed E-state index contributed by atoms with van der Waals surface area (Å²) >= 11 is 0. The van der Waals surface area contributed by atoms with E-state index in [1.807, 2.05) is 78.9 Å². The van der Waals surface area contributed by atoms with Crippen molar-refractivity contribution in [2.75, 3.05) is 0 Å². The number of imidazole rings is 3. The lowest BCUT2D eigenvalue weighted by molar-refractivity contribution is -0.137. The number of sulfone groups is 1. The molecule has 0 saturated heterocycles. The van der Waals surface area contributed by atoms with Crippen molar-refractivity contribution in [2.24, 2.45) is 0 Å². The van der Waals surface area contributed by atoms with Crippen LogP contribution in [-0.4, -0.2) is 59.1 Å². The Kier molecular flexibility index (Phi) is 19.5. The number of H-pyrrole nitrogens is 3. The van der Waals surface area contributed by atoms with Gasteiger partial charge in [-0.25, -0.2) is 23.4 Å². The predicted molar refractivity (Wildman–Crippen MR) is 370 cm³/mol. The van der Waals surface area contributed by atoms with E-state index in [1.54, 1.807) is 50.3 Å². The molecular formula is C77H67F9N6O5S. The van der Waals surface area contributed by atoms with E-state index < -0.39 is 49.3 Å². The highest BCUT2D eigenvalue weighted by Crippen LogP contribution is 2.44. The summed E-state index contributed by atoms with van der Waals surface area (Å²) in [5.41, 5.74) is 2.76. The monoisotopic (exact) mass is 1360 g/mol. The minimum absolute atomic E-state index is 0.0271. The zero-order valence-corrected chi connectivity index (χ0v) is 55.0. The van der Waals surface area contributed by atoms with Crippen molar-refractivity contribution in [3.63, 3.8) is 0 Å². The molecule has 0 fully saturated rings. The van der Waals surface area contributed by atoms with E-state index in [1.165, 1.54) is 71.8 Å². The Balaban J connectivity index is 0.000000159. The lowest BCUT2D eigenvalue weighted by Gasteiger charge is -2.21. The highest BCUT2D eigenvalue weighted by Gasteiger charge is 2.47. The van der Waals surface area contributed by atoms with Crippen LogP contribution in [0.25, 0.3) is 103 Å². The molecule has 0 atom stereocenters. The van der Waals surface area contributed by atoms with Gasteiger partial charge in [-0.1, -0.05) is 181 Å². The van der Waals surface area contributed by atoms with E-state index >= 15 is 0 Å². The Morgan fingerprint density at radius 3 is 1.26 bits per heavy atom. The number of aromatic hydroxyl groups is 2. The number of para-hydroxylation sites is 1. The normalized spacial score (nSPS) is 12.8. The smallest absolute Gasteiger partial charge is 0.501 e. The Morgan fingerprint density at radius 1 is 0.388 bits per heavy atom. The molecule has 0 saturated carbocycles. The van der Waals surface area contributed by atoms with E-state index in [2.05, 4.69) is 95.7 Å². The molecular weight excluding hydrogens is 1290 g/mol. The Morgan fingerprint density at radius 2 is 0.806 bits per heavy atom. The second-order valence-electron chi connectivity index (χ2n) is 25.9. The molecule has 0 spiro atoms. The molecule has 0 aliphatic carbocycles. The zero-order chi connectivity index (χ0) is 70.9. The van der Waals surface area contributed by atoms with Crippen LogP contribution in [0.3, 0.4) is 0 Å². The number of alkyl halides is 9. The van der Waals surface area contributed by atoms with Crippen LogP contribution in [0.5, 0.6) is 11.5 Å². The van der Waals surface area contributed by atoms with Crippen LogP contribution in [0, 0.1) is 0 Å². The van der Waals surface area contributed by atoms with Gasteiger partial charge in [-0.3, -0.25) is 0 Å². The summed E-state index contributed by atoms with van der Waals surface area (Å²) in [6, 6.07) is 50.6. The number of aromatic amines is 3. The summed E-state index contributed by atoms with van der Waals surface area (Å²) in [6.07, 6.45) is 1.34. The maximum absolute atomic E-state index is 13.8. The maximum Gasteiger partial charge on any atom is 0.501 e. The summed E-state index contributed by atoms with van der Waals surface area (Å²) < 4.78 is 143. The number of halogens is 9. The molecule has 0 aliphatic heterocycles. The maximum atomic E-state index is 13.8. The summed E-state index contributed by atoms with van der Waals surface area (Å²) in [5, 5.41) is 30.3. The van der Waals surface area contributed by atoms with E-state index in [-0.39, 0.29) is 50.1 Å². The van der Waals surface area contributed by atoms with Crippen molar-refractivity contribution in [1.82, 2.24) is 29.9 Å². The molecule has 0 radical (unpaired) electrons. The van der Waals surface area contributed by atoms with Gasteiger partial charge in [0.2, 0.25) is 0 Å². The van der Waals surface area contributed by atoms with E-state index in [9.17, 15) is 63.3 Å². The highest BCUT2D eigenvalue weighted by atomic mass is 32.2. The molecule has 21 heteroatoms. The number of nitrogens with one attached hydrogen (secondary N) is 3. The summed E-state index contributed by atoms with van der Waals surface area (Å²) in [6.45, 7) is 16.3. The van der Waals surface area contributed by atoms with Crippen LogP contribution in [0.15, 0.2) is 193 Å². The number of hydrogen-bond acceptors (Lipinski definition) is 8. The Hall–Kier alpha value is -10.5. The molecule has 0 amide bonds. The Labute approximate surface area is 559 Å². The molecule has 12 aromatic rings. The van der Waals surface area contributed by atoms with Crippen molar-refractivity contribution in [1.29, 1.82) is 0 Å². The van der Waals surface area contributed by atoms with E-state index in [4.69, 9.17) is 0 Å². The largest absolute Gasteiger partial charge is 0.508 e. The standard InChI is InChI=1S/2C26H23F3N2O.C25H21F3N2O3S/c1-25(2,3)18-10-7-16(8-11-18)9-12-24-30-22-14-20(17-5-4-6-19(32)13-17)21(26(27,28)29)15-23(22)31-24;1-25(2,3)17-11-8-16(9-12-17)10-13-24-30-21-14-19(18-6-4-5-7-23(18)32)20(26(27,28)29)15-22(21)31-24;1-24(2,31)20-6-4-3-5-19(20)17-10-13-21-22(15-17)30-23(29-21)14-9-16-7-11-18(12-8-16)34(32,33)25(26,27)28/h2*4-15,32H,1-3H3,(H,30,31);3-15,31H,1-2H3,(H,29,30)/b12-9+;13-10+;14-9+. The van der Waals surface area contributed by atoms with Gasteiger partial charge in [0.1, 0.15) is 29.0 Å². The highest BCUT2D eigenvalue weighted by molar-refractivity contribution is 7.92. The average molecular weight is 1360 g/mol. The van der Waals surface area contributed by atoms with Gasteiger partial charge in [0.25, 0.3) is 9.84 Å².